The lowest BCUT2D eigenvalue weighted by Crippen LogP contribution is -2.30. The maximum absolute atomic E-state index is 12.4. The predicted octanol–water partition coefficient (Wildman–Crippen LogP) is 4.30. The zero-order valence-corrected chi connectivity index (χ0v) is 14.3. The number of para-hydroxylation sites is 2. The Hall–Kier alpha value is -1.90. The van der Waals surface area contributed by atoms with Crippen LogP contribution in [0, 0.1) is 3.57 Å². The lowest BCUT2D eigenvalue weighted by molar-refractivity contribution is -0.122. The first-order valence-electron chi connectivity index (χ1n) is 6.72. The van der Waals surface area contributed by atoms with Gasteiger partial charge in [0.15, 0.2) is 6.10 Å². The van der Waals surface area contributed by atoms with Crippen LogP contribution in [0.5, 0.6) is 11.5 Å². The zero-order chi connectivity index (χ0) is 16.8. The Morgan fingerprint density at radius 1 is 1.09 bits per heavy atom. The monoisotopic (exact) mass is 433 g/mol. The van der Waals surface area contributed by atoms with Gasteiger partial charge in [-0.15, -0.1) is 0 Å². The van der Waals surface area contributed by atoms with Crippen molar-refractivity contribution in [2.45, 2.75) is 19.6 Å². The predicted molar refractivity (Wildman–Crippen MR) is 91.0 cm³/mol. The number of hydrogen-bond acceptors (Lipinski definition) is 3. The number of halogens is 3. The molecule has 0 aliphatic heterocycles. The minimum absolute atomic E-state index is 0.0997. The SMILES string of the molecule is CC(Oc1ccc(I)cc1)C(=O)Nc1ccccc1OC(F)F. The fourth-order valence-electron chi connectivity index (χ4n) is 1.77. The molecule has 0 saturated heterocycles. The maximum atomic E-state index is 12.4. The second-order valence-electron chi connectivity index (χ2n) is 4.58. The molecule has 2 rings (SSSR count). The van der Waals surface area contributed by atoms with E-state index in [0.29, 0.717) is 5.75 Å². The van der Waals surface area contributed by atoms with Gasteiger partial charge in [-0.05, 0) is 65.9 Å². The van der Waals surface area contributed by atoms with E-state index in [1.807, 2.05) is 12.1 Å². The van der Waals surface area contributed by atoms with Crippen molar-refractivity contribution in [3.63, 3.8) is 0 Å². The maximum Gasteiger partial charge on any atom is 0.387 e. The standard InChI is InChI=1S/C16H14F2INO3/c1-10(22-12-8-6-11(19)7-9-12)15(21)20-13-4-2-3-5-14(13)23-16(17)18/h2-10,16H,1H3,(H,20,21). The summed E-state index contributed by atoms with van der Waals surface area (Å²) in [6, 6.07) is 13.2. The average Bonchev–Trinajstić information content (AvgIpc) is 2.51. The van der Waals surface area contributed by atoms with Crippen molar-refractivity contribution in [2.24, 2.45) is 0 Å². The van der Waals surface area contributed by atoms with Gasteiger partial charge >= 0.3 is 6.61 Å². The molecule has 0 heterocycles. The van der Waals surface area contributed by atoms with Gasteiger partial charge in [-0.3, -0.25) is 4.79 Å². The normalized spacial score (nSPS) is 11.9. The Balaban J connectivity index is 2.02. The van der Waals surface area contributed by atoms with E-state index in [4.69, 9.17) is 4.74 Å². The highest BCUT2D eigenvalue weighted by Gasteiger charge is 2.17. The van der Waals surface area contributed by atoms with Crippen LogP contribution in [0.4, 0.5) is 14.5 Å². The number of amides is 1. The second-order valence-corrected chi connectivity index (χ2v) is 5.82. The van der Waals surface area contributed by atoms with Crippen LogP contribution in [-0.2, 0) is 4.79 Å². The highest BCUT2D eigenvalue weighted by Crippen LogP contribution is 2.26. The van der Waals surface area contributed by atoms with Gasteiger partial charge in [0.25, 0.3) is 5.91 Å². The molecule has 2 aromatic carbocycles. The summed E-state index contributed by atoms with van der Waals surface area (Å²) in [6.07, 6.45) is -0.797. The summed E-state index contributed by atoms with van der Waals surface area (Å²) in [6.45, 7) is -1.39. The van der Waals surface area contributed by atoms with Gasteiger partial charge in [-0.2, -0.15) is 8.78 Å². The molecular formula is C16H14F2INO3. The third kappa shape index (κ3) is 5.34. The number of nitrogens with one attached hydrogen (secondary N) is 1. The van der Waals surface area contributed by atoms with E-state index >= 15 is 0 Å². The Morgan fingerprint density at radius 3 is 2.39 bits per heavy atom. The molecule has 0 radical (unpaired) electrons. The van der Waals surface area contributed by atoms with Crippen molar-refractivity contribution in [1.29, 1.82) is 0 Å². The minimum atomic E-state index is -2.96. The lowest BCUT2D eigenvalue weighted by Gasteiger charge is -2.16. The number of carbonyl (C=O) groups excluding carboxylic acids is 1. The lowest BCUT2D eigenvalue weighted by atomic mass is 10.2. The van der Waals surface area contributed by atoms with Crippen molar-refractivity contribution in [1.82, 2.24) is 0 Å². The smallest absolute Gasteiger partial charge is 0.387 e. The largest absolute Gasteiger partial charge is 0.481 e. The second kappa shape index (κ2) is 8.09. The molecule has 0 saturated carbocycles. The number of hydrogen-bond donors (Lipinski definition) is 1. The number of alkyl halides is 2. The van der Waals surface area contributed by atoms with E-state index in [1.54, 1.807) is 31.2 Å². The molecule has 1 N–H and O–H groups in total. The summed E-state index contributed by atoms with van der Waals surface area (Å²) in [5.74, 6) is -0.0173. The van der Waals surface area contributed by atoms with Crippen LogP contribution in [0.3, 0.4) is 0 Å². The quantitative estimate of drug-likeness (QED) is 0.692. The van der Waals surface area contributed by atoms with Gasteiger partial charge in [-0.25, -0.2) is 0 Å². The molecule has 7 heteroatoms. The molecule has 2 aromatic rings. The minimum Gasteiger partial charge on any atom is -0.481 e. The van der Waals surface area contributed by atoms with Gasteiger partial charge < -0.3 is 14.8 Å². The van der Waals surface area contributed by atoms with E-state index < -0.39 is 18.6 Å². The number of rotatable bonds is 6. The van der Waals surface area contributed by atoms with Crippen LogP contribution >= 0.6 is 22.6 Å². The molecule has 23 heavy (non-hydrogen) atoms. The van der Waals surface area contributed by atoms with Gasteiger partial charge in [0.2, 0.25) is 0 Å². The summed E-state index contributed by atoms with van der Waals surface area (Å²) in [5.41, 5.74) is 0.163. The van der Waals surface area contributed by atoms with Crippen molar-refractivity contribution in [2.75, 3.05) is 5.32 Å². The molecule has 0 bridgehead atoms. The van der Waals surface area contributed by atoms with Crippen LogP contribution in [0.25, 0.3) is 0 Å². The van der Waals surface area contributed by atoms with Crippen molar-refractivity contribution in [3.05, 3.63) is 52.1 Å². The van der Waals surface area contributed by atoms with Crippen LogP contribution < -0.4 is 14.8 Å². The third-order valence-corrected chi connectivity index (χ3v) is 3.58. The van der Waals surface area contributed by atoms with E-state index in [0.717, 1.165) is 3.57 Å². The molecule has 0 aliphatic carbocycles. The summed E-state index contributed by atoms with van der Waals surface area (Å²) in [7, 11) is 0. The van der Waals surface area contributed by atoms with Crippen molar-refractivity contribution in [3.8, 4) is 11.5 Å². The summed E-state index contributed by atoms with van der Waals surface area (Å²) in [4.78, 5) is 12.1. The Morgan fingerprint density at radius 2 is 1.74 bits per heavy atom. The molecular weight excluding hydrogens is 419 g/mol. The number of carbonyl (C=O) groups is 1. The molecule has 122 valence electrons. The Kier molecular flexibility index (Phi) is 6.14. The van der Waals surface area contributed by atoms with Crippen LogP contribution in [-0.4, -0.2) is 18.6 Å². The van der Waals surface area contributed by atoms with Crippen LogP contribution in [0.15, 0.2) is 48.5 Å². The number of benzene rings is 2. The summed E-state index contributed by atoms with van der Waals surface area (Å²) < 4.78 is 35.6. The fourth-order valence-corrected chi connectivity index (χ4v) is 2.13. The highest BCUT2D eigenvalue weighted by molar-refractivity contribution is 14.1. The van der Waals surface area contributed by atoms with E-state index in [-0.39, 0.29) is 11.4 Å². The molecule has 0 aromatic heterocycles. The van der Waals surface area contributed by atoms with Gasteiger partial charge in [0.05, 0.1) is 5.69 Å². The molecule has 0 aliphatic rings. The molecule has 1 atom stereocenters. The first-order valence-corrected chi connectivity index (χ1v) is 7.80. The topological polar surface area (TPSA) is 47.6 Å². The van der Waals surface area contributed by atoms with Gasteiger partial charge in [0, 0.05) is 3.57 Å². The fraction of sp³-hybridized carbons (Fsp3) is 0.188. The average molecular weight is 433 g/mol. The summed E-state index contributed by atoms with van der Waals surface area (Å²) >= 11 is 2.16. The first-order chi connectivity index (χ1) is 11.0. The first kappa shape index (κ1) is 17.5. The number of anilines is 1. The Labute approximate surface area is 145 Å². The zero-order valence-electron chi connectivity index (χ0n) is 12.1. The van der Waals surface area contributed by atoms with Gasteiger partial charge in [0.1, 0.15) is 11.5 Å². The molecule has 1 amide bonds. The molecule has 0 fully saturated rings. The van der Waals surface area contributed by atoms with Crippen molar-refractivity contribution < 1.29 is 23.0 Å². The number of ether oxygens (including phenoxy) is 2. The van der Waals surface area contributed by atoms with E-state index in [2.05, 4.69) is 32.6 Å². The third-order valence-electron chi connectivity index (χ3n) is 2.86. The Bertz CT molecular complexity index is 665. The molecule has 4 nitrogen and oxygen atoms in total. The van der Waals surface area contributed by atoms with Crippen LogP contribution in [0.1, 0.15) is 6.92 Å². The van der Waals surface area contributed by atoms with E-state index in [9.17, 15) is 13.6 Å². The van der Waals surface area contributed by atoms with E-state index in [1.165, 1.54) is 12.1 Å². The molecule has 0 spiro atoms. The van der Waals surface area contributed by atoms with Gasteiger partial charge in [-0.1, -0.05) is 12.1 Å². The molecule has 1 unspecified atom stereocenters. The highest BCUT2D eigenvalue weighted by atomic mass is 127. The van der Waals surface area contributed by atoms with Crippen LogP contribution in [0.2, 0.25) is 0 Å². The van der Waals surface area contributed by atoms with Crippen molar-refractivity contribution >= 4 is 34.2 Å². The summed E-state index contributed by atoms with van der Waals surface area (Å²) in [5, 5.41) is 2.52.